The van der Waals surface area contributed by atoms with E-state index in [1.54, 1.807) is 48.5 Å². The van der Waals surface area contributed by atoms with Gasteiger partial charge in [0.2, 0.25) is 0 Å². The van der Waals surface area contributed by atoms with Crippen LogP contribution in [0.5, 0.6) is 11.5 Å². The van der Waals surface area contributed by atoms with Crippen LogP contribution in [0.3, 0.4) is 0 Å². The Hall–Kier alpha value is -3.28. The molecule has 6 nitrogen and oxygen atoms in total. The summed E-state index contributed by atoms with van der Waals surface area (Å²) in [5.74, 6) is 0.0517. The molecule has 0 atom stereocenters. The van der Waals surface area contributed by atoms with Crippen molar-refractivity contribution in [2.45, 2.75) is 0 Å². The van der Waals surface area contributed by atoms with Gasteiger partial charge >= 0.3 is 0 Å². The van der Waals surface area contributed by atoms with E-state index in [0.717, 1.165) is 0 Å². The van der Waals surface area contributed by atoms with Crippen LogP contribution in [0.25, 0.3) is 0 Å². The van der Waals surface area contributed by atoms with E-state index >= 15 is 0 Å². The summed E-state index contributed by atoms with van der Waals surface area (Å²) in [6, 6.07) is 13.3. The highest BCUT2D eigenvalue weighted by Crippen LogP contribution is 2.28. The summed E-state index contributed by atoms with van der Waals surface area (Å²) in [5, 5.41) is 0. The van der Waals surface area contributed by atoms with Crippen LogP contribution >= 0.6 is 0 Å². The first-order chi connectivity index (χ1) is 11.7. The van der Waals surface area contributed by atoms with E-state index in [1.165, 1.54) is 13.2 Å². The maximum atomic E-state index is 12.1. The van der Waals surface area contributed by atoms with Gasteiger partial charge in [-0.15, -0.1) is 0 Å². The molecule has 0 bridgehead atoms. The van der Waals surface area contributed by atoms with Gasteiger partial charge in [0.15, 0.2) is 11.5 Å². The third-order valence-corrected chi connectivity index (χ3v) is 3.11. The second-order valence-electron chi connectivity index (χ2n) is 4.74. The maximum absolute atomic E-state index is 12.1. The summed E-state index contributed by atoms with van der Waals surface area (Å²) in [6.07, 6.45) is 1.61. The molecule has 24 heavy (non-hydrogen) atoms. The molecule has 0 heterocycles. The van der Waals surface area contributed by atoms with E-state index < -0.39 is 11.8 Å². The van der Waals surface area contributed by atoms with Gasteiger partial charge in [0.25, 0.3) is 11.8 Å². The third-order valence-electron chi connectivity index (χ3n) is 3.11. The normalized spacial score (nSPS) is 9.71. The minimum atomic E-state index is -0.465. The molecule has 0 fully saturated rings. The topological polar surface area (TPSA) is 76.7 Å². The Morgan fingerprint density at radius 1 is 1.00 bits per heavy atom. The molecule has 0 saturated heterocycles. The molecule has 2 amide bonds. The van der Waals surface area contributed by atoms with Crippen molar-refractivity contribution in [1.82, 2.24) is 10.9 Å². The highest BCUT2D eigenvalue weighted by atomic mass is 16.5. The van der Waals surface area contributed by atoms with Gasteiger partial charge in [-0.25, -0.2) is 0 Å². The number of methoxy groups -OCH3 is 1. The fourth-order valence-corrected chi connectivity index (χ4v) is 1.92. The highest BCUT2D eigenvalue weighted by molar-refractivity contribution is 5.99. The first kappa shape index (κ1) is 17.1. The van der Waals surface area contributed by atoms with Crippen molar-refractivity contribution in [3.05, 3.63) is 72.3 Å². The Morgan fingerprint density at radius 3 is 2.29 bits per heavy atom. The molecule has 0 aliphatic carbocycles. The Bertz CT molecular complexity index is 729. The summed E-state index contributed by atoms with van der Waals surface area (Å²) in [7, 11) is 1.48. The van der Waals surface area contributed by atoms with Gasteiger partial charge < -0.3 is 9.47 Å². The molecule has 2 aromatic rings. The molecule has 2 N–H and O–H groups in total. The minimum absolute atomic E-state index is 0.325. The largest absolute Gasteiger partial charge is 0.493 e. The molecule has 6 heteroatoms. The average molecular weight is 326 g/mol. The molecular formula is C18H18N2O4. The SMILES string of the molecule is C=CCOc1ccc(C(=O)NNC(=O)c2ccccc2)cc1OC. The smallest absolute Gasteiger partial charge is 0.269 e. The number of nitrogens with one attached hydrogen (secondary N) is 2. The van der Waals surface area contributed by atoms with Gasteiger partial charge in [-0.2, -0.15) is 0 Å². The first-order valence-electron chi connectivity index (χ1n) is 7.23. The number of carbonyl (C=O) groups excluding carboxylic acids is 2. The van der Waals surface area contributed by atoms with Gasteiger partial charge in [-0.3, -0.25) is 20.4 Å². The molecule has 0 radical (unpaired) electrons. The lowest BCUT2D eigenvalue weighted by Crippen LogP contribution is -2.41. The van der Waals surface area contributed by atoms with E-state index in [4.69, 9.17) is 9.47 Å². The van der Waals surface area contributed by atoms with Crippen LogP contribution in [0.2, 0.25) is 0 Å². The molecule has 124 valence electrons. The van der Waals surface area contributed by atoms with Crippen LogP contribution in [0.1, 0.15) is 20.7 Å². The lowest BCUT2D eigenvalue weighted by molar-refractivity contribution is 0.0846. The van der Waals surface area contributed by atoms with Gasteiger partial charge in [0.05, 0.1) is 7.11 Å². The summed E-state index contributed by atoms with van der Waals surface area (Å²) >= 11 is 0. The van der Waals surface area contributed by atoms with E-state index in [0.29, 0.717) is 29.2 Å². The zero-order valence-corrected chi connectivity index (χ0v) is 13.2. The highest BCUT2D eigenvalue weighted by Gasteiger charge is 2.12. The van der Waals surface area contributed by atoms with E-state index in [9.17, 15) is 9.59 Å². The van der Waals surface area contributed by atoms with E-state index in [2.05, 4.69) is 17.4 Å². The number of hydrogen-bond donors (Lipinski definition) is 2. The number of hydrazine groups is 1. The standard InChI is InChI=1S/C18H18N2O4/c1-3-11-24-15-10-9-14(12-16(15)23-2)18(22)20-19-17(21)13-7-5-4-6-8-13/h3-10,12H,1,11H2,2H3,(H,19,21)(H,20,22). The van der Waals surface area contributed by atoms with Gasteiger partial charge in [0, 0.05) is 11.1 Å². The molecule has 0 spiro atoms. The molecular weight excluding hydrogens is 308 g/mol. The fraction of sp³-hybridized carbons (Fsp3) is 0.111. The molecule has 0 aliphatic heterocycles. The van der Waals surface area contributed by atoms with Crippen LogP contribution in [0, 0.1) is 0 Å². The summed E-state index contributed by atoms with van der Waals surface area (Å²) in [6.45, 7) is 3.90. The number of amides is 2. The predicted octanol–water partition coefficient (Wildman–Crippen LogP) is 2.33. The molecule has 0 unspecified atom stereocenters. The minimum Gasteiger partial charge on any atom is -0.493 e. The van der Waals surface area contributed by atoms with Crippen LogP contribution in [-0.4, -0.2) is 25.5 Å². The second kappa shape index (κ2) is 8.38. The quantitative estimate of drug-likeness (QED) is 0.631. The molecule has 0 aromatic heterocycles. The fourth-order valence-electron chi connectivity index (χ4n) is 1.92. The van der Waals surface area contributed by atoms with E-state index in [-0.39, 0.29) is 0 Å². The van der Waals surface area contributed by atoms with Crippen molar-refractivity contribution in [2.75, 3.05) is 13.7 Å². The van der Waals surface area contributed by atoms with Crippen molar-refractivity contribution in [2.24, 2.45) is 0 Å². The molecule has 2 aromatic carbocycles. The van der Waals surface area contributed by atoms with Gasteiger partial charge in [0.1, 0.15) is 6.61 Å². The monoisotopic (exact) mass is 326 g/mol. The van der Waals surface area contributed by atoms with Crippen LogP contribution in [-0.2, 0) is 0 Å². The lowest BCUT2D eigenvalue weighted by atomic mass is 10.2. The third kappa shape index (κ3) is 4.36. The van der Waals surface area contributed by atoms with Crippen LogP contribution < -0.4 is 20.3 Å². The molecule has 2 rings (SSSR count). The molecule has 0 saturated carbocycles. The molecule has 0 aliphatic rings. The number of hydrogen-bond acceptors (Lipinski definition) is 4. The summed E-state index contributed by atoms with van der Waals surface area (Å²) < 4.78 is 10.6. The van der Waals surface area contributed by atoms with Crippen molar-refractivity contribution in [3.63, 3.8) is 0 Å². The number of rotatable bonds is 6. The Labute approximate surface area is 140 Å². The zero-order chi connectivity index (χ0) is 17.4. The summed E-state index contributed by atoms with van der Waals surface area (Å²) in [4.78, 5) is 24.0. The van der Waals surface area contributed by atoms with E-state index in [1.807, 2.05) is 0 Å². The first-order valence-corrected chi connectivity index (χ1v) is 7.23. The van der Waals surface area contributed by atoms with Crippen molar-refractivity contribution >= 4 is 11.8 Å². The van der Waals surface area contributed by atoms with Crippen molar-refractivity contribution < 1.29 is 19.1 Å². The Morgan fingerprint density at radius 2 is 1.67 bits per heavy atom. The van der Waals surface area contributed by atoms with Crippen LogP contribution in [0.15, 0.2) is 61.2 Å². The zero-order valence-electron chi connectivity index (χ0n) is 13.2. The Balaban J connectivity index is 2.01. The van der Waals surface area contributed by atoms with Crippen molar-refractivity contribution in [3.8, 4) is 11.5 Å². The average Bonchev–Trinajstić information content (AvgIpc) is 2.64. The number of benzene rings is 2. The van der Waals surface area contributed by atoms with Crippen LogP contribution in [0.4, 0.5) is 0 Å². The summed E-state index contributed by atoms with van der Waals surface area (Å²) in [5.41, 5.74) is 5.49. The number of carbonyl (C=O) groups is 2. The lowest BCUT2D eigenvalue weighted by Gasteiger charge is -2.11. The maximum Gasteiger partial charge on any atom is 0.269 e. The van der Waals surface area contributed by atoms with Gasteiger partial charge in [-0.05, 0) is 30.3 Å². The second-order valence-corrected chi connectivity index (χ2v) is 4.74. The predicted molar refractivity (Wildman–Crippen MR) is 90.1 cm³/mol. The number of ether oxygens (including phenoxy) is 2. The van der Waals surface area contributed by atoms with Gasteiger partial charge in [-0.1, -0.05) is 30.9 Å². The van der Waals surface area contributed by atoms with Crippen molar-refractivity contribution in [1.29, 1.82) is 0 Å². The Kier molecular flexibility index (Phi) is 5.96.